The van der Waals surface area contributed by atoms with Gasteiger partial charge in [-0.3, -0.25) is 0 Å². The number of hydrogen-bond acceptors (Lipinski definition) is 1. The topological polar surface area (TPSA) is 0 Å². The van der Waals surface area contributed by atoms with Gasteiger partial charge in [0.05, 0.1) is 0 Å². The molecule has 0 unspecified atom stereocenters. The van der Waals surface area contributed by atoms with Crippen LogP contribution >= 0.6 is 11.3 Å². The van der Waals surface area contributed by atoms with Crippen LogP contribution in [0, 0.1) is 0 Å². The molecule has 0 radical (unpaired) electrons. The van der Waals surface area contributed by atoms with E-state index < -0.39 is 0 Å². The van der Waals surface area contributed by atoms with Gasteiger partial charge in [0, 0.05) is 0 Å². The van der Waals surface area contributed by atoms with Crippen molar-refractivity contribution < 1.29 is 21.2 Å². The Kier molecular flexibility index (Phi) is 2.83. The van der Waals surface area contributed by atoms with Crippen LogP contribution in [0.4, 0.5) is 0 Å². The number of hydrogen-bond donors (Lipinski definition) is 0. The first-order chi connectivity index (χ1) is 3.93. The molecule has 1 aromatic rings. The van der Waals surface area contributed by atoms with Crippen molar-refractivity contribution >= 4 is 11.3 Å². The molecule has 0 aliphatic carbocycles. The average molecular weight is 239 g/mol. The van der Waals surface area contributed by atoms with Crippen LogP contribution in [0.5, 0.6) is 0 Å². The third kappa shape index (κ3) is 1.74. The average Bonchev–Trinajstić information content (AvgIpc) is 2.19. The third-order valence-corrected chi connectivity index (χ3v) is 3.82. The second-order valence-corrected chi connectivity index (χ2v) is 4.80. The van der Waals surface area contributed by atoms with Crippen molar-refractivity contribution in [3.8, 4) is 0 Å². The molecule has 8 heavy (non-hydrogen) atoms. The summed E-state index contributed by atoms with van der Waals surface area (Å²) in [5.74, 6) is 0. The zero-order valence-corrected chi connectivity index (χ0v) is 7.70. The van der Waals surface area contributed by atoms with E-state index >= 15 is 0 Å². The number of thiophene rings is 1. The van der Waals surface area contributed by atoms with Crippen molar-refractivity contribution in [2.45, 2.75) is 4.43 Å². The number of halogens is 1. The molecule has 0 aliphatic heterocycles. The monoisotopic (exact) mass is 239 g/mol. The molecule has 46 valence electrons. The third-order valence-electron chi connectivity index (χ3n) is 0.845. The zero-order valence-electron chi connectivity index (χ0n) is 4.73. The van der Waals surface area contributed by atoms with Crippen LogP contribution in [0.3, 0.4) is 0 Å². The standard InChI is InChI=1S/C6H8IS/c1-7-5-6-3-2-4-8-6/h2-4H,5H2,1H3/q-1. The number of rotatable bonds is 2. The molecule has 0 fully saturated rings. The molecule has 2 heteroatoms. The molecule has 0 aromatic carbocycles. The molecule has 0 saturated carbocycles. The van der Waals surface area contributed by atoms with Crippen LogP contribution in [0.15, 0.2) is 17.5 Å². The SMILES string of the molecule is C[I-]Cc1cccs1. The molecule has 0 atom stereocenters. The van der Waals surface area contributed by atoms with Gasteiger partial charge in [0.25, 0.3) is 0 Å². The van der Waals surface area contributed by atoms with E-state index in [9.17, 15) is 0 Å². The van der Waals surface area contributed by atoms with Crippen molar-refractivity contribution in [1.29, 1.82) is 0 Å². The number of alkyl halides is 2. The van der Waals surface area contributed by atoms with Crippen LogP contribution < -0.4 is 21.2 Å². The van der Waals surface area contributed by atoms with Gasteiger partial charge in [0.2, 0.25) is 0 Å². The van der Waals surface area contributed by atoms with Crippen molar-refractivity contribution in [3.63, 3.8) is 0 Å². The molecule has 0 spiro atoms. The maximum atomic E-state index is 2.32. The molecular weight excluding hydrogens is 231 g/mol. The van der Waals surface area contributed by atoms with Gasteiger partial charge in [0.15, 0.2) is 0 Å². The Morgan fingerprint density at radius 2 is 2.62 bits per heavy atom. The molecule has 0 nitrogen and oxygen atoms in total. The quantitative estimate of drug-likeness (QED) is 0.457. The van der Waals surface area contributed by atoms with Gasteiger partial charge in [-0.2, -0.15) is 0 Å². The van der Waals surface area contributed by atoms with E-state index in [0.717, 1.165) is 0 Å². The van der Waals surface area contributed by atoms with E-state index in [2.05, 4.69) is 22.4 Å². The molecule has 0 bridgehead atoms. The van der Waals surface area contributed by atoms with Crippen molar-refractivity contribution in [3.05, 3.63) is 22.4 Å². The minimum absolute atomic E-state index is 0.465. The molecule has 1 aromatic heterocycles. The summed E-state index contributed by atoms with van der Waals surface area (Å²) in [6, 6.07) is 4.34. The van der Waals surface area contributed by atoms with Gasteiger partial charge in [0.1, 0.15) is 0 Å². The van der Waals surface area contributed by atoms with Crippen molar-refractivity contribution in [1.82, 2.24) is 0 Å². The van der Waals surface area contributed by atoms with Crippen molar-refractivity contribution in [2.24, 2.45) is 0 Å². The van der Waals surface area contributed by atoms with Gasteiger partial charge >= 0.3 is 64.3 Å². The predicted octanol–water partition coefficient (Wildman–Crippen LogP) is -1.03. The molecule has 1 heterocycles. The fraction of sp³-hybridized carbons (Fsp3) is 0.333. The van der Waals surface area contributed by atoms with Gasteiger partial charge in [-0.1, -0.05) is 0 Å². The molecule has 0 aliphatic rings. The van der Waals surface area contributed by atoms with E-state index in [4.69, 9.17) is 0 Å². The summed E-state index contributed by atoms with van der Waals surface area (Å²) in [6.07, 6.45) is 0. The summed E-state index contributed by atoms with van der Waals surface area (Å²) in [5, 5.41) is 2.15. The molecule has 0 saturated heterocycles. The van der Waals surface area contributed by atoms with Crippen molar-refractivity contribution in [2.75, 3.05) is 4.93 Å². The summed E-state index contributed by atoms with van der Waals surface area (Å²) in [4.78, 5) is 3.87. The normalized spacial score (nSPS) is 10.1. The Morgan fingerprint density at radius 3 is 3.12 bits per heavy atom. The first-order valence-corrected chi connectivity index (χ1v) is 6.96. The van der Waals surface area contributed by atoms with Crippen LogP contribution in [0.2, 0.25) is 0 Å². The van der Waals surface area contributed by atoms with Crippen LogP contribution in [-0.4, -0.2) is 4.93 Å². The summed E-state index contributed by atoms with van der Waals surface area (Å²) < 4.78 is 1.36. The first-order valence-electron chi connectivity index (χ1n) is 2.39. The van der Waals surface area contributed by atoms with Crippen LogP contribution in [0.1, 0.15) is 4.88 Å². The Balaban J connectivity index is 2.50. The summed E-state index contributed by atoms with van der Waals surface area (Å²) in [6.45, 7) is 0. The second kappa shape index (κ2) is 3.45. The van der Waals surface area contributed by atoms with Gasteiger partial charge < -0.3 is 0 Å². The van der Waals surface area contributed by atoms with E-state index in [1.165, 1.54) is 4.43 Å². The van der Waals surface area contributed by atoms with E-state index in [0.29, 0.717) is 21.2 Å². The zero-order chi connectivity index (χ0) is 5.82. The molecule has 1 rings (SSSR count). The molecule has 0 amide bonds. The Bertz CT molecular complexity index is 134. The van der Waals surface area contributed by atoms with Crippen LogP contribution in [-0.2, 0) is 4.43 Å². The maximum absolute atomic E-state index is 2.32. The molecular formula is C6H8IS-. The van der Waals surface area contributed by atoms with E-state index in [1.807, 2.05) is 11.3 Å². The fourth-order valence-corrected chi connectivity index (χ4v) is 3.35. The van der Waals surface area contributed by atoms with E-state index in [1.54, 1.807) is 4.88 Å². The first kappa shape index (κ1) is 6.55. The Labute approximate surface area is 64.2 Å². The van der Waals surface area contributed by atoms with Gasteiger partial charge in [-0.15, -0.1) is 0 Å². The Morgan fingerprint density at radius 1 is 1.75 bits per heavy atom. The summed E-state index contributed by atoms with van der Waals surface area (Å²) in [7, 11) is 0. The summed E-state index contributed by atoms with van der Waals surface area (Å²) in [5.41, 5.74) is 0. The second-order valence-electron chi connectivity index (χ2n) is 1.48. The Hall–Kier alpha value is 0.430. The predicted molar refractivity (Wildman–Crippen MR) is 33.9 cm³/mol. The summed E-state index contributed by atoms with van der Waals surface area (Å²) >= 11 is 2.34. The molecule has 0 N–H and O–H groups in total. The fourth-order valence-electron chi connectivity index (χ4n) is 0.520. The minimum atomic E-state index is 0.465. The van der Waals surface area contributed by atoms with Crippen LogP contribution in [0.25, 0.3) is 0 Å². The van der Waals surface area contributed by atoms with Gasteiger partial charge in [-0.05, 0) is 0 Å². The van der Waals surface area contributed by atoms with Gasteiger partial charge in [-0.25, -0.2) is 0 Å². The van der Waals surface area contributed by atoms with E-state index in [-0.39, 0.29) is 0 Å².